The van der Waals surface area contributed by atoms with Crippen molar-refractivity contribution in [3.8, 4) is 6.07 Å². The topological polar surface area (TPSA) is 52.0 Å². The van der Waals surface area contributed by atoms with E-state index in [9.17, 15) is 0 Å². The second-order valence-electron chi connectivity index (χ2n) is 4.47. The van der Waals surface area contributed by atoms with E-state index in [0.29, 0.717) is 12.6 Å². The summed E-state index contributed by atoms with van der Waals surface area (Å²) in [5, 5.41) is 11.8. The van der Waals surface area contributed by atoms with Crippen LogP contribution < -0.4 is 5.32 Å². The molecule has 90 valence electrons. The van der Waals surface area contributed by atoms with Gasteiger partial charge in [-0.15, -0.1) is 0 Å². The quantitative estimate of drug-likeness (QED) is 0.789. The van der Waals surface area contributed by atoms with Crippen molar-refractivity contribution in [2.45, 2.75) is 25.4 Å². The van der Waals surface area contributed by atoms with E-state index in [1.165, 1.54) is 18.4 Å². The summed E-state index contributed by atoms with van der Waals surface area (Å²) in [6.45, 7) is 3.61. The highest BCUT2D eigenvalue weighted by atomic mass is 15.2. The van der Waals surface area contributed by atoms with Gasteiger partial charge in [-0.05, 0) is 37.1 Å². The molecular weight excluding hydrogens is 212 g/mol. The molecule has 1 aliphatic heterocycles. The van der Waals surface area contributed by atoms with Crippen molar-refractivity contribution in [2.24, 2.45) is 0 Å². The van der Waals surface area contributed by atoms with Crippen LogP contribution in [0.25, 0.3) is 0 Å². The minimum Gasteiger partial charge on any atom is -0.300 e. The smallest absolute Gasteiger partial charge is 0.0843 e. The van der Waals surface area contributed by atoms with Crippen LogP contribution in [0.15, 0.2) is 24.5 Å². The van der Waals surface area contributed by atoms with Crippen molar-refractivity contribution in [1.82, 2.24) is 15.2 Å². The Kier molecular flexibility index (Phi) is 4.48. The molecule has 0 saturated carbocycles. The molecule has 1 atom stereocenters. The first-order valence-electron chi connectivity index (χ1n) is 6.10. The summed E-state index contributed by atoms with van der Waals surface area (Å²) < 4.78 is 0. The Labute approximate surface area is 102 Å². The summed E-state index contributed by atoms with van der Waals surface area (Å²) in [7, 11) is 0. The largest absolute Gasteiger partial charge is 0.300 e. The molecule has 17 heavy (non-hydrogen) atoms. The Hall–Kier alpha value is -1.44. The van der Waals surface area contributed by atoms with Gasteiger partial charge in [-0.25, -0.2) is 0 Å². The van der Waals surface area contributed by atoms with E-state index in [4.69, 9.17) is 5.26 Å². The molecule has 4 nitrogen and oxygen atoms in total. The number of nitriles is 1. The highest BCUT2D eigenvalue weighted by Crippen LogP contribution is 2.13. The highest BCUT2D eigenvalue weighted by molar-refractivity contribution is 5.09. The Bertz CT molecular complexity index is 371. The van der Waals surface area contributed by atoms with Crippen molar-refractivity contribution in [2.75, 3.05) is 19.6 Å². The van der Waals surface area contributed by atoms with E-state index in [1.54, 1.807) is 0 Å². The van der Waals surface area contributed by atoms with Crippen LogP contribution in [0.4, 0.5) is 0 Å². The van der Waals surface area contributed by atoms with Gasteiger partial charge in [0.25, 0.3) is 0 Å². The van der Waals surface area contributed by atoms with Gasteiger partial charge in [0.1, 0.15) is 0 Å². The highest BCUT2D eigenvalue weighted by Gasteiger charge is 2.18. The zero-order chi connectivity index (χ0) is 11.9. The lowest BCUT2D eigenvalue weighted by Gasteiger charge is -2.32. The number of hydrogen-bond donors (Lipinski definition) is 1. The van der Waals surface area contributed by atoms with Crippen LogP contribution in [0.1, 0.15) is 18.4 Å². The zero-order valence-electron chi connectivity index (χ0n) is 9.97. The molecule has 1 fully saturated rings. The van der Waals surface area contributed by atoms with Crippen molar-refractivity contribution in [3.05, 3.63) is 30.1 Å². The Morgan fingerprint density at radius 2 is 2.29 bits per heavy atom. The molecule has 1 aromatic heterocycles. The van der Waals surface area contributed by atoms with Gasteiger partial charge in [-0.2, -0.15) is 5.26 Å². The van der Waals surface area contributed by atoms with Crippen LogP contribution in [0.3, 0.4) is 0 Å². The average Bonchev–Trinajstić information content (AvgIpc) is 2.38. The second-order valence-corrected chi connectivity index (χ2v) is 4.47. The first-order chi connectivity index (χ1) is 8.38. The molecule has 0 aromatic carbocycles. The van der Waals surface area contributed by atoms with Crippen LogP contribution in [0.2, 0.25) is 0 Å². The van der Waals surface area contributed by atoms with Gasteiger partial charge < -0.3 is 5.32 Å². The summed E-state index contributed by atoms with van der Waals surface area (Å²) >= 11 is 0. The predicted octanol–water partition coefficient (Wildman–Crippen LogP) is 1.16. The maximum atomic E-state index is 8.56. The molecule has 0 spiro atoms. The summed E-state index contributed by atoms with van der Waals surface area (Å²) in [4.78, 5) is 6.47. The molecule has 0 radical (unpaired) electrons. The fourth-order valence-corrected chi connectivity index (χ4v) is 2.30. The summed E-state index contributed by atoms with van der Waals surface area (Å²) in [5.41, 5.74) is 1.31. The third kappa shape index (κ3) is 3.81. The third-order valence-corrected chi connectivity index (χ3v) is 3.13. The van der Waals surface area contributed by atoms with Gasteiger partial charge in [0, 0.05) is 31.5 Å². The molecule has 4 heteroatoms. The van der Waals surface area contributed by atoms with E-state index >= 15 is 0 Å². The molecular formula is C13H18N4. The van der Waals surface area contributed by atoms with Crippen molar-refractivity contribution in [1.29, 1.82) is 5.26 Å². The number of nitrogens with one attached hydrogen (secondary N) is 1. The van der Waals surface area contributed by atoms with Gasteiger partial charge in [-0.1, -0.05) is 0 Å². The standard InChI is InChI=1S/C13H18N4/c14-5-8-16-13-2-1-9-17(11-13)10-12-3-6-15-7-4-12/h3-4,6-7,13,16H,1-2,8-11H2. The number of aromatic nitrogens is 1. The van der Waals surface area contributed by atoms with E-state index in [-0.39, 0.29) is 0 Å². The first-order valence-corrected chi connectivity index (χ1v) is 6.10. The molecule has 1 aliphatic rings. The van der Waals surface area contributed by atoms with Crippen molar-refractivity contribution >= 4 is 0 Å². The lowest BCUT2D eigenvalue weighted by atomic mass is 10.1. The number of piperidine rings is 1. The molecule has 1 N–H and O–H groups in total. The Morgan fingerprint density at radius 3 is 3.06 bits per heavy atom. The molecule has 2 rings (SSSR count). The average molecular weight is 230 g/mol. The number of rotatable bonds is 4. The molecule has 0 bridgehead atoms. The van der Waals surface area contributed by atoms with Crippen LogP contribution in [-0.2, 0) is 6.54 Å². The van der Waals surface area contributed by atoms with Gasteiger partial charge >= 0.3 is 0 Å². The Balaban J connectivity index is 1.83. The zero-order valence-corrected chi connectivity index (χ0v) is 9.97. The first kappa shape index (κ1) is 12.0. The molecule has 0 amide bonds. The maximum absolute atomic E-state index is 8.56. The summed E-state index contributed by atoms with van der Waals surface area (Å²) in [6, 6.07) is 6.73. The van der Waals surface area contributed by atoms with Crippen molar-refractivity contribution < 1.29 is 0 Å². The van der Waals surface area contributed by atoms with Crippen LogP contribution >= 0.6 is 0 Å². The van der Waals surface area contributed by atoms with E-state index < -0.39 is 0 Å². The monoisotopic (exact) mass is 230 g/mol. The number of likely N-dealkylation sites (tertiary alicyclic amines) is 1. The number of nitrogens with zero attached hydrogens (tertiary/aromatic N) is 3. The summed E-state index contributed by atoms with van der Waals surface area (Å²) in [6.07, 6.45) is 6.05. The minimum atomic E-state index is 0.452. The predicted molar refractivity (Wildman–Crippen MR) is 66.2 cm³/mol. The maximum Gasteiger partial charge on any atom is 0.0843 e. The van der Waals surface area contributed by atoms with Gasteiger partial charge in [0.05, 0.1) is 12.6 Å². The van der Waals surface area contributed by atoms with Gasteiger partial charge in [0.2, 0.25) is 0 Å². The second kappa shape index (κ2) is 6.33. The number of pyridine rings is 1. The Morgan fingerprint density at radius 1 is 1.47 bits per heavy atom. The van der Waals surface area contributed by atoms with Gasteiger partial charge in [-0.3, -0.25) is 9.88 Å². The van der Waals surface area contributed by atoms with Crippen LogP contribution in [0.5, 0.6) is 0 Å². The minimum absolute atomic E-state index is 0.452. The summed E-state index contributed by atoms with van der Waals surface area (Å²) in [5.74, 6) is 0. The molecule has 1 saturated heterocycles. The van der Waals surface area contributed by atoms with Gasteiger partial charge in [0.15, 0.2) is 0 Å². The third-order valence-electron chi connectivity index (χ3n) is 3.13. The molecule has 1 unspecified atom stereocenters. The molecule has 1 aromatic rings. The lowest BCUT2D eigenvalue weighted by molar-refractivity contribution is 0.186. The number of hydrogen-bond acceptors (Lipinski definition) is 4. The normalized spacial score (nSPS) is 21.0. The van der Waals surface area contributed by atoms with E-state index in [0.717, 1.165) is 19.6 Å². The molecule has 2 heterocycles. The fraction of sp³-hybridized carbons (Fsp3) is 0.538. The fourth-order valence-electron chi connectivity index (χ4n) is 2.30. The SMILES string of the molecule is N#CCNC1CCCN(Cc2ccncc2)C1. The van der Waals surface area contributed by atoms with E-state index in [1.807, 2.05) is 12.4 Å². The van der Waals surface area contributed by atoms with Crippen LogP contribution in [0, 0.1) is 11.3 Å². The van der Waals surface area contributed by atoms with E-state index in [2.05, 4.69) is 33.4 Å². The lowest BCUT2D eigenvalue weighted by Crippen LogP contribution is -2.45. The van der Waals surface area contributed by atoms with Crippen molar-refractivity contribution in [3.63, 3.8) is 0 Å². The van der Waals surface area contributed by atoms with Crippen LogP contribution in [-0.4, -0.2) is 35.6 Å². The molecule has 0 aliphatic carbocycles.